The van der Waals surface area contributed by atoms with E-state index in [1.54, 1.807) is 0 Å². The molecule has 0 aliphatic heterocycles. The lowest BCUT2D eigenvalue weighted by Gasteiger charge is -2.24. The van der Waals surface area contributed by atoms with E-state index in [0.29, 0.717) is 19.3 Å². The maximum absolute atomic E-state index is 13.2. The van der Waals surface area contributed by atoms with Crippen molar-refractivity contribution in [3.8, 4) is 0 Å². The van der Waals surface area contributed by atoms with Crippen LogP contribution in [0.1, 0.15) is 258 Å². The molecule has 6 nitrogen and oxygen atoms in total. The van der Waals surface area contributed by atoms with Gasteiger partial charge in [0.15, 0.2) is 0 Å². The van der Waals surface area contributed by atoms with Crippen molar-refractivity contribution in [3.63, 3.8) is 0 Å². The summed E-state index contributed by atoms with van der Waals surface area (Å²) in [6.45, 7) is 6.36. The van der Waals surface area contributed by atoms with Crippen LogP contribution in [0.3, 0.4) is 0 Å². The van der Waals surface area contributed by atoms with Crippen molar-refractivity contribution >= 4 is 11.9 Å². The summed E-state index contributed by atoms with van der Waals surface area (Å²) in [7, 11) is 0. The van der Waals surface area contributed by atoms with Gasteiger partial charge in [-0.1, -0.05) is 205 Å². The molecule has 3 N–H and O–H groups in total. The number of hydrogen-bond donors (Lipinski definition) is 3. The highest BCUT2D eigenvalue weighted by molar-refractivity contribution is 5.77. The van der Waals surface area contributed by atoms with E-state index in [-0.39, 0.29) is 24.9 Å². The van der Waals surface area contributed by atoms with E-state index in [1.165, 1.54) is 135 Å². The zero-order valence-corrected chi connectivity index (χ0v) is 38.7. The van der Waals surface area contributed by atoms with Crippen molar-refractivity contribution < 1.29 is 24.5 Å². The Morgan fingerprint density at radius 1 is 0.517 bits per heavy atom. The van der Waals surface area contributed by atoms with E-state index in [0.717, 1.165) is 77.0 Å². The standard InChI is InChI=1S/C52H97NO5/c1-4-7-10-13-16-19-22-25-26-27-30-33-36-39-42-45-52(57)58-48(43-40-37-34-31-28-23-20-17-14-11-8-5-2)46-51(56)53-49(47-54)50(55)44-41-38-35-32-29-24-21-18-15-12-9-6-3/h8,11,17,19-20,22,48-50,54-55H,4-7,9-10,12-16,18,21,23-47H2,1-3H3,(H,53,56)/b11-8+,20-17+,22-19-. The molecule has 0 aromatic heterocycles. The fourth-order valence-corrected chi connectivity index (χ4v) is 7.64. The molecule has 0 aromatic carbocycles. The minimum Gasteiger partial charge on any atom is -0.462 e. The van der Waals surface area contributed by atoms with Gasteiger partial charge >= 0.3 is 5.97 Å². The molecule has 0 spiro atoms. The molecule has 3 unspecified atom stereocenters. The molecular formula is C52H97NO5. The van der Waals surface area contributed by atoms with Crippen LogP contribution in [-0.2, 0) is 14.3 Å². The molecule has 0 aliphatic rings. The smallest absolute Gasteiger partial charge is 0.306 e. The van der Waals surface area contributed by atoms with Crippen molar-refractivity contribution in [2.45, 2.75) is 277 Å². The van der Waals surface area contributed by atoms with Gasteiger partial charge in [-0.15, -0.1) is 0 Å². The van der Waals surface area contributed by atoms with E-state index < -0.39 is 18.2 Å². The van der Waals surface area contributed by atoms with Gasteiger partial charge < -0.3 is 20.3 Å². The zero-order chi connectivity index (χ0) is 42.4. The molecule has 0 radical (unpaired) electrons. The summed E-state index contributed by atoms with van der Waals surface area (Å²) in [5.74, 6) is -0.487. The van der Waals surface area contributed by atoms with Crippen LogP contribution < -0.4 is 5.32 Å². The van der Waals surface area contributed by atoms with Gasteiger partial charge in [0.2, 0.25) is 5.91 Å². The van der Waals surface area contributed by atoms with Crippen LogP contribution >= 0.6 is 0 Å². The lowest BCUT2D eigenvalue weighted by Crippen LogP contribution is -2.46. The molecular weight excluding hydrogens is 719 g/mol. The van der Waals surface area contributed by atoms with E-state index >= 15 is 0 Å². The van der Waals surface area contributed by atoms with Crippen LogP contribution in [0.2, 0.25) is 0 Å². The third-order valence-electron chi connectivity index (χ3n) is 11.5. The Labute approximate surface area is 360 Å². The summed E-state index contributed by atoms with van der Waals surface area (Å²) >= 11 is 0. The molecule has 1 amide bonds. The summed E-state index contributed by atoms with van der Waals surface area (Å²) in [6.07, 6.45) is 53.4. The third kappa shape index (κ3) is 40.8. The number of unbranched alkanes of at least 4 members (excludes halogenated alkanes) is 27. The Kier molecular flexibility index (Phi) is 44.6. The van der Waals surface area contributed by atoms with E-state index in [2.05, 4.69) is 62.5 Å². The first kappa shape index (κ1) is 56.1. The fraction of sp³-hybridized carbons (Fsp3) is 0.846. The van der Waals surface area contributed by atoms with Crippen LogP contribution in [0.15, 0.2) is 36.5 Å². The van der Waals surface area contributed by atoms with Gasteiger partial charge in [0.1, 0.15) is 6.10 Å². The van der Waals surface area contributed by atoms with Crippen LogP contribution in [0.25, 0.3) is 0 Å². The first-order valence-corrected chi connectivity index (χ1v) is 25.2. The molecule has 0 fully saturated rings. The predicted molar refractivity (Wildman–Crippen MR) is 250 cm³/mol. The Balaban J connectivity index is 4.56. The highest BCUT2D eigenvalue weighted by atomic mass is 16.5. The molecule has 0 bridgehead atoms. The molecule has 0 aromatic rings. The Hall–Kier alpha value is -1.92. The van der Waals surface area contributed by atoms with Crippen molar-refractivity contribution in [1.82, 2.24) is 5.32 Å². The minimum absolute atomic E-state index is 0.0683. The third-order valence-corrected chi connectivity index (χ3v) is 11.5. The summed E-state index contributed by atoms with van der Waals surface area (Å²) in [4.78, 5) is 26.1. The van der Waals surface area contributed by atoms with Crippen molar-refractivity contribution in [1.29, 1.82) is 0 Å². The van der Waals surface area contributed by atoms with Crippen LogP contribution in [0, 0.1) is 0 Å². The second kappa shape index (κ2) is 46.2. The summed E-state index contributed by atoms with van der Waals surface area (Å²) in [6, 6.07) is -0.704. The first-order chi connectivity index (χ1) is 28.5. The lowest BCUT2D eigenvalue weighted by molar-refractivity contribution is -0.151. The highest BCUT2D eigenvalue weighted by Crippen LogP contribution is 2.18. The summed E-state index contributed by atoms with van der Waals surface area (Å²) < 4.78 is 5.92. The number of nitrogens with one attached hydrogen (secondary N) is 1. The Morgan fingerprint density at radius 3 is 1.43 bits per heavy atom. The maximum Gasteiger partial charge on any atom is 0.306 e. The topological polar surface area (TPSA) is 95.9 Å². The molecule has 0 saturated heterocycles. The largest absolute Gasteiger partial charge is 0.462 e. The van der Waals surface area contributed by atoms with Crippen molar-refractivity contribution in [2.75, 3.05) is 6.61 Å². The molecule has 6 heteroatoms. The van der Waals surface area contributed by atoms with Crippen LogP contribution in [-0.4, -0.2) is 46.9 Å². The van der Waals surface area contributed by atoms with Crippen LogP contribution in [0.4, 0.5) is 0 Å². The SMILES string of the molecule is CC/C=C/C/C=C/CCCCCCCC(CC(=O)NC(CO)C(O)CCCCCCCCCCCCCC)OC(=O)CCCCCCCCC/C=C\CCCCCC. The normalized spacial score (nSPS) is 13.5. The predicted octanol–water partition coefficient (Wildman–Crippen LogP) is 14.9. The molecule has 0 aliphatic carbocycles. The number of rotatable bonds is 45. The summed E-state index contributed by atoms with van der Waals surface area (Å²) in [5, 5.41) is 23.7. The number of carbonyl (C=O) groups is 2. The number of amides is 1. The number of esters is 1. The van der Waals surface area contributed by atoms with Gasteiger partial charge in [0.25, 0.3) is 0 Å². The van der Waals surface area contributed by atoms with Gasteiger partial charge in [-0.2, -0.15) is 0 Å². The van der Waals surface area contributed by atoms with Gasteiger partial charge in [-0.3, -0.25) is 9.59 Å². The lowest BCUT2D eigenvalue weighted by atomic mass is 10.0. The van der Waals surface area contributed by atoms with Gasteiger partial charge in [0.05, 0.1) is 25.2 Å². The monoisotopic (exact) mass is 816 g/mol. The van der Waals surface area contributed by atoms with Crippen molar-refractivity contribution in [2.24, 2.45) is 0 Å². The molecule has 58 heavy (non-hydrogen) atoms. The summed E-state index contributed by atoms with van der Waals surface area (Å²) in [5.41, 5.74) is 0. The van der Waals surface area contributed by atoms with Crippen molar-refractivity contribution in [3.05, 3.63) is 36.5 Å². The molecule has 340 valence electrons. The second-order valence-electron chi connectivity index (χ2n) is 17.2. The number of hydrogen-bond acceptors (Lipinski definition) is 5. The molecule has 3 atom stereocenters. The fourth-order valence-electron chi connectivity index (χ4n) is 7.64. The maximum atomic E-state index is 13.2. The quantitative estimate of drug-likeness (QED) is 0.0323. The van der Waals surface area contributed by atoms with E-state index in [1.807, 2.05) is 0 Å². The minimum atomic E-state index is -0.789. The average Bonchev–Trinajstić information content (AvgIpc) is 3.22. The second-order valence-corrected chi connectivity index (χ2v) is 17.2. The first-order valence-electron chi connectivity index (χ1n) is 25.2. The number of aliphatic hydroxyl groups is 2. The van der Waals surface area contributed by atoms with Gasteiger partial charge in [-0.25, -0.2) is 0 Å². The number of ether oxygens (including phenoxy) is 1. The molecule has 0 rings (SSSR count). The van der Waals surface area contributed by atoms with E-state index in [4.69, 9.17) is 4.74 Å². The molecule has 0 saturated carbocycles. The Bertz CT molecular complexity index is 961. The van der Waals surface area contributed by atoms with Gasteiger partial charge in [-0.05, 0) is 77.0 Å². The number of allylic oxidation sites excluding steroid dienone is 6. The highest BCUT2D eigenvalue weighted by Gasteiger charge is 2.24. The zero-order valence-electron chi connectivity index (χ0n) is 38.7. The van der Waals surface area contributed by atoms with Crippen LogP contribution in [0.5, 0.6) is 0 Å². The average molecular weight is 816 g/mol. The van der Waals surface area contributed by atoms with E-state index in [9.17, 15) is 19.8 Å². The van der Waals surface area contributed by atoms with Gasteiger partial charge in [0, 0.05) is 6.42 Å². The number of carbonyl (C=O) groups excluding carboxylic acids is 2. The molecule has 0 heterocycles. The number of aliphatic hydroxyl groups excluding tert-OH is 2. The Morgan fingerprint density at radius 2 is 0.931 bits per heavy atom.